The van der Waals surface area contributed by atoms with Gasteiger partial charge in [0.1, 0.15) is 0 Å². The third-order valence-electron chi connectivity index (χ3n) is 2.26. The number of rotatable bonds is 4. The Kier molecular flexibility index (Phi) is 3.34. The van der Waals surface area contributed by atoms with E-state index in [4.69, 9.17) is 5.73 Å². The second-order valence-electron chi connectivity index (χ2n) is 3.53. The normalized spacial score (nSPS) is 10.1. The molecule has 0 atom stereocenters. The number of benzene rings is 1. The molecular weight excluding hydrogens is 218 g/mol. The Morgan fingerprint density at radius 2 is 2.12 bits per heavy atom. The molecule has 0 aliphatic rings. The number of anilines is 1. The first-order valence-electron chi connectivity index (χ1n) is 5.26. The number of nitrogens with two attached hydrogens (primary N) is 1. The fourth-order valence-electron chi connectivity index (χ4n) is 1.43. The molecule has 0 aliphatic heterocycles. The second-order valence-corrected chi connectivity index (χ2v) is 3.53. The quantitative estimate of drug-likeness (QED) is 0.707. The zero-order valence-corrected chi connectivity index (χ0v) is 9.18. The molecule has 1 aromatic carbocycles. The van der Waals surface area contributed by atoms with Gasteiger partial charge in [-0.05, 0) is 12.0 Å². The summed E-state index contributed by atoms with van der Waals surface area (Å²) < 4.78 is 0. The van der Waals surface area contributed by atoms with Gasteiger partial charge in [-0.15, -0.1) is 5.10 Å². The Hall–Kier alpha value is -2.37. The van der Waals surface area contributed by atoms with Gasteiger partial charge in [0, 0.05) is 6.54 Å². The molecular formula is C11H13N5O. The van der Waals surface area contributed by atoms with Crippen LogP contribution in [-0.4, -0.2) is 27.6 Å². The monoisotopic (exact) mass is 231 g/mol. The Morgan fingerprint density at radius 1 is 1.35 bits per heavy atom. The SMILES string of the molecule is Nc1n[nH]c(C(=O)NCCc2ccccc2)n1. The standard InChI is InChI=1S/C11H13N5O/c12-11-14-9(15-16-11)10(17)13-7-6-8-4-2-1-3-5-8/h1-5H,6-7H2,(H,13,17)(H3,12,14,15,16). The summed E-state index contributed by atoms with van der Waals surface area (Å²) in [4.78, 5) is 15.3. The molecule has 6 nitrogen and oxygen atoms in total. The zero-order chi connectivity index (χ0) is 12.1. The Balaban J connectivity index is 1.81. The molecule has 0 saturated heterocycles. The highest BCUT2D eigenvalue weighted by atomic mass is 16.2. The number of amides is 1. The van der Waals surface area contributed by atoms with E-state index in [1.165, 1.54) is 5.56 Å². The average Bonchev–Trinajstić information content (AvgIpc) is 2.77. The van der Waals surface area contributed by atoms with E-state index < -0.39 is 0 Å². The number of hydrogen-bond acceptors (Lipinski definition) is 4. The van der Waals surface area contributed by atoms with Gasteiger partial charge in [-0.1, -0.05) is 30.3 Å². The number of nitrogens with one attached hydrogen (secondary N) is 2. The van der Waals surface area contributed by atoms with Gasteiger partial charge in [0.05, 0.1) is 0 Å². The predicted molar refractivity (Wildman–Crippen MR) is 63.3 cm³/mol. The molecule has 0 bridgehead atoms. The van der Waals surface area contributed by atoms with Crippen molar-refractivity contribution in [2.24, 2.45) is 0 Å². The maximum atomic E-state index is 11.5. The summed E-state index contributed by atoms with van der Waals surface area (Å²) in [6.07, 6.45) is 0.774. The number of carbonyl (C=O) groups is 1. The Labute approximate surface area is 98.3 Å². The molecule has 0 aliphatic carbocycles. The number of nitrogens with zero attached hydrogens (tertiary/aromatic N) is 2. The molecule has 1 amide bonds. The van der Waals surface area contributed by atoms with Crippen molar-refractivity contribution in [2.45, 2.75) is 6.42 Å². The highest BCUT2D eigenvalue weighted by molar-refractivity contribution is 5.90. The first kappa shape index (κ1) is 11.1. The van der Waals surface area contributed by atoms with Crippen molar-refractivity contribution in [1.82, 2.24) is 20.5 Å². The maximum absolute atomic E-state index is 11.5. The van der Waals surface area contributed by atoms with E-state index in [1.54, 1.807) is 0 Å². The van der Waals surface area contributed by atoms with Crippen molar-refractivity contribution in [2.75, 3.05) is 12.3 Å². The van der Waals surface area contributed by atoms with Crippen molar-refractivity contribution in [3.63, 3.8) is 0 Å². The molecule has 2 aromatic rings. The fourth-order valence-corrected chi connectivity index (χ4v) is 1.43. The number of hydrogen-bond donors (Lipinski definition) is 3. The summed E-state index contributed by atoms with van der Waals surface area (Å²) in [6.45, 7) is 0.545. The highest BCUT2D eigenvalue weighted by Gasteiger charge is 2.09. The van der Waals surface area contributed by atoms with Crippen LogP contribution in [0.1, 0.15) is 16.2 Å². The number of aromatic amines is 1. The summed E-state index contributed by atoms with van der Waals surface area (Å²) >= 11 is 0. The van der Waals surface area contributed by atoms with Crippen molar-refractivity contribution >= 4 is 11.9 Å². The van der Waals surface area contributed by atoms with Crippen LogP contribution >= 0.6 is 0 Å². The van der Waals surface area contributed by atoms with Gasteiger partial charge < -0.3 is 11.1 Å². The van der Waals surface area contributed by atoms with Crippen LogP contribution < -0.4 is 11.1 Å². The highest BCUT2D eigenvalue weighted by Crippen LogP contribution is 1.98. The van der Waals surface area contributed by atoms with E-state index in [1.807, 2.05) is 30.3 Å². The lowest BCUT2D eigenvalue weighted by atomic mass is 10.1. The van der Waals surface area contributed by atoms with E-state index in [2.05, 4.69) is 20.5 Å². The lowest BCUT2D eigenvalue weighted by Crippen LogP contribution is -2.26. The van der Waals surface area contributed by atoms with Gasteiger partial charge in [-0.3, -0.25) is 9.89 Å². The third-order valence-corrected chi connectivity index (χ3v) is 2.26. The molecule has 1 aromatic heterocycles. The lowest BCUT2D eigenvalue weighted by Gasteiger charge is -2.02. The summed E-state index contributed by atoms with van der Waals surface area (Å²) in [6, 6.07) is 9.92. The smallest absolute Gasteiger partial charge is 0.288 e. The molecule has 0 radical (unpaired) electrons. The van der Waals surface area contributed by atoms with Crippen LogP contribution in [0.3, 0.4) is 0 Å². The summed E-state index contributed by atoms with van der Waals surface area (Å²) in [5.41, 5.74) is 6.47. The van der Waals surface area contributed by atoms with Gasteiger partial charge >= 0.3 is 0 Å². The third kappa shape index (κ3) is 3.04. The van der Waals surface area contributed by atoms with Crippen LogP contribution in [-0.2, 0) is 6.42 Å². The van der Waals surface area contributed by atoms with Crippen LogP contribution in [0.2, 0.25) is 0 Å². The van der Waals surface area contributed by atoms with E-state index in [9.17, 15) is 4.79 Å². The summed E-state index contributed by atoms with van der Waals surface area (Å²) in [5, 5.41) is 8.77. The van der Waals surface area contributed by atoms with Crippen molar-refractivity contribution in [3.05, 3.63) is 41.7 Å². The topological polar surface area (TPSA) is 96.7 Å². The minimum Gasteiger partial charge on any atom is -0.366 e. The molecule has 2 rings (SSSR count). The van der Waals surface area contributed by atoms with Gasteiger partial charge in [0.25, 0.3) is 5.91 Å². The number of carbonyl (C=O) groups excluding carboxylic acids is 1. The average molecular weight is 231 g/mol. The number of nitrogen functional groups attached to an aromatic ring is 1. The van der Waals surface area contributed by atoms with Crippen LogP contribution in [0, 0.1) is 0 Å². The van der Waals surface area contributed by atoms with E-state index in [0.29, 0.717) is 6.54 Å². The first-order valence-corrected chi connectivity index (χ1v) is 5.26. The van der Waals surface area contributed by atoms with Gasteiger partial charge in [-0.2, -0.15) is 4.98 Å². The lowest BCUT2D eigenvalue weighted by molar-refractivity contribution is 0.0944. The second kappa shape index (κ2) is 5.11. The molecule has 0 unspecified atom stereocenters. The minimum atomic E-state index is -0.301. The Morgan fingerprint density at radius 3 is 2.76 bits per heavy atom. The van der Waals surface area contributed by atoms with E-state index in [0.717, 1.165) is 6.42 Å². The van der Waals surface area contributed by atoms with Crippen molar-refractivity contribution in [3.8, 4) is 0 Å². The van der Waals surface area contributed by atoms with Gasteiger partial charge in [0.2, 0.25) is 11.8 Å². The zero-order valence-electron chi connectivity index (χ0n) is 9.18. The molecule has 1 heterocycles. The van der Waals surface area contributed by atoms with Gasteiger partial charge in [-0.25, -0.2) is 0 Å². The van der Waals surface area contributed by atoms with Crippen molar-refractivity contribution in [1.29, 1.82) is 0 Å². The first-order chi connectivity index (χ1) is 8.25. The number of H-pyrrole nitrogens is 1. The van der Waals surface area contributed by atoms with Crippen LogP contribution in [0.15, 0.2) is 30.3 Å². The van der Waals surface area contributed by atoms with E-state index >= 15 is 0 Å². The number of aromatic nitrogens is 3. The maximum Gasteiger partial charge on any atom is 0.288 e. The largest absolute Gasteiger partial charge is 0.366 e. The fraction of sp³-hybridized carbons (Fsp3) is 0.182. The van der Waals surface area contributed by atoms with E-state index in [-0.39, 0.29) is 17.7 Å². The molecule has 0 fully saturated rings. The predicted octanol–water partition coefficient (Wildman–Crippen LogP) is 0.359. The van der Waals surface area contributed by atoms with Crippen LogP contribution in [0.4, 0.5) is 5.95 Å². The molecule has 0 spiro atoms. The summed E-state index contributed by atoms with van der Waals surface area (Å²) in [7, 11) is 0. The Bertz CT molecular complexity index is 494. The molecule has 6 heteroatoms. The van der Waals surface area contributed by atoms with Crippen molar-refractivity contribution < 1.29 is 4.79 Å². The molecule has 0 saturated carbocycles. The minimum absolute atomic E-state index is 0.0678. The van der Waals surface area contributed by atoms with Crippen LogP contribution in [0.5, 0.6) is 0 Å². The molecule has 88 valence electrons. The molecule has 17 heavy (non-hydrogen) atoms. The summed E-state index contributed by atoms with van der Waals surface area (Å²) in [5.74, 6) is -0.0982. The van der Waals surface area contributed by atoms with Crippen LogP contribution in [0.25, 0.3) is 0 Å². The van der Waals surface area contributed by atoms with Gasteiger partial charge in [0.15, 0.2) is 0 Å². The molecule has 4 N–H and O–H groups in total.